The summed E-state index contributed by atoms with van der Waals surface area (Å²) in [6.45, 7) is 6.05. The standard InChI is InChI=1S/C16H23NO/c1-16(2,3)15(17)14(18)13-10-5-4-9-12(13)11-7-6-8-11/h4-5,9-11,15H,6-8,17H2,1-3H3. The summed E-state index contributed by atoms with van der Waals surface area (Å²) in [5, 5.41) is 0. The molecule has 0 bridgehead atoms. The van der Waals surface area contributed by atoms with Gasteiger partial charge >= 0.3 is 0 Å². The minimum Gasteiger partial charge on any atom is -0.321 e. The van der Waals surface area contributed by atoms with Gasteiger partial charge in [0.25, 0.3) is 0 Å². The van der Waals surface area contributed by atoms with E-state index in [1.54, 1.807) is 0 Å². The van der Waals surface area contributed by atoms with Gasteiger partial charge in [0, 0.05) is 5.56 Å². The predicted molar refractivity (Wildman–Crippen MR) is 74.8 cm³/mol. The van der Waals surface area contributed by atoms with E-state index in [2.05, 4.69) is 6.07 Å². The molecule has 1 aliphatic rings. The van der Waals surface area contributed by atoms with E-state index in [1.165, 1.54) is 24.8 Å². The maximum atomic E-state index is 12.5. The molecule has 2 heteroatoms. The Balaban J connectivity index is 2.30. The van der Waals surface area contributed by atoms with Crippen LogP contribution in [0.4, 0.5) is 0 Å². The van der Waals surface area contributed by atoms with Crippen LogP contribution in [0.2, 0.25) is 0 Å². The molecule has 1 fully saturated rings. The first-order valence-corrected chi connectivity index (χ1v) is 6.80. The highest BCUT2D eigenvalue weighted by atomic mass is 16.1. The number of hydrogen-bond donors (Lipinski definition) is 1. The van der Waals surface area contributed by atoms with Crippen molar-refractivity contribution in [3.05, 3.63) is 35.4 Å². The summed E-state index contributed by atoms with van der Waals surface area (Å²) in [6.07, 6.45) is 3.68. The summed E-state index contributed by atoms with van der Waals surface area (Å²) in [5.41, 5.74) is 7.95. The normalized spacial score (nSPS) is 18.2. The van der Waals surface area contributed by atoms with Gasteiger partial charge in [-0.2, -0.15) is 0 Å². The molecular weight excluding hydrogens is 222 g/mol. The number of ketones is 1. The van der Waals surface area contributed by atoms with E-state index in [-0.39, 0.29) is 11.2 Å². The zero-order valence-electron chi connectivity index (χ0n) is 11.6. The molecule has 2 nitrogen and oxygen atoms in total. The minimum absolute atomic E-state index is 0.0880. The lowest BCUT2D eigenvalue weighted by Crippen LogP contribution is -2.42. The Bertz CT molecular complexity index is 441. The molecule has 2 rings (SSSR count). The van der Waals surface area contributed by atoms with Crippen LogP contribution in [0, 0.1) is 5.41 Å². The second-order valence-corrected chi connectivity index (χ2v) is 6.42. The Labute approximate surface area is 110 Å². The van der Waals surface area contributed by atoms with Crippen molar-refractivity contribution in [1.29, 1.82) is 0 Å². The average molecular weight is 245 g/mol. The summed E-state index contributed by atoms with van der Waals surface area (Å²) in [6, 6.07) is 7.55. The molecule has 0 saturated heterocycles. The van der Waals surface area contributed by atoms with E-state index in [1.807, 2.05) is 39.0 Å². The van der Waals surface area contributed by atoms with Gasteiger partial charge in [-0.25, -0.2) is 0 Å². The zero-order valence-corrected chi connectivity index (χ0v) is 11.6. The molecule has 1 saturated carbocycles. The highest BCUT2D eigenvalue weighted by molar-refractivity contribution is 6.01. The summed E-state index contributed by atoms with van der Waals surface area (Å²) in [7, 11) is 0. The fourth-order valence-electron chi connectivity index (χ4n) is 2.36. The van der Waals surface area contributed by atoms with Crippen LogP contribution in [0.3, 0.4) is 0 Å². The van der Waals surface area contributed by atoms with E-state index in [0.717, 1.165) is 5.56 Å². The van der Waals surface area contributed by atoms with Gasteiger partial charge in [0.2, 0.25) is 0 Å². The van der Waals surface area contributed by atoms with Crippen LogP contribution < -0.4 is 5.73 Å². The summed E-state index contributed by atoms with van der Waals surface area (Å²) in [5.74, 6) is 0.655. The van der Waals surface area contributed by atoms with Crippen LogP contribution in [0.1, 0.15) is 61.9 Å². The Kier molecular flexibility index (Phi) is 3.58. The fraction of sp³-hybridized carbons (Fsp3) is 0.562. The van der Waals surface area contributed by atoms with E-state index >= 15 is 0 Å². The quantitative estimate of drug-likeness (QED) is 0.828. The van der Waals surface area contributed by atoms with Gasteiger partial charge in [-0.15, -0.1) is 0 Å². The first kappa shape index (κ1) is 13.3. The Morgan fingerprint density at radius 3 is 2.39 bits per heavy atom. The average Bonchev–Trinajstić information content (AvgIpc) is 2.24. The molecule has 1 aliphatic carbocycles. The second-order valence-electron chi connectivity index (χ2n) is 6.42. The van der Waals surface area contributed by atoms with Gasteiger partial charge in [0.05, 0.1) is 6.04 Å². The van der Waals surface area contributed by atoms with Crippen LogP contribution in [-0.2, 0) is 0 Å². The lowest BCUT2D eigenvalue weighted by atomic mass is 9.75. The molecule has 18 heavy (non-hydrogen) atoms. The number of carbonyl (C=O) groups is 1. The van der Waals surface area contributed by atoms with Gasteiger partial charge in [-0.05, 0) is 29.7 Å². The molecule has 0 aromatic heterocycles. The van der Waals surface area contributed by atoms with Crippen molar-refractivity contribution >= 4 is 5.78 Å². The Morgan fingerprint density at radius 1 is 1.28 bits per heavy atom. The fourth-order valence-corrected chi connectivity index (χ4v) is 2.36. The molecule has 0 amide bonds. The number of benzene rings is 1. The van der Waals surface area contributed by atoms with Crippen molar-refractivity contribution in [2.24, 2.45) is 11.1 Å². The van der Waals surface area contributed by atoms with Crippen LogP contribution >= 0.6 is 0 Å². The number of carbonyl (C=O) groups excluding carboxylic acids is 1. The second kappa shape index (κ2) is 4.85. The van der Waals surface area contributed by atoms with Crippen LogP contribution in [-0.4, -0.2) is 11.8 Å². The monoisotopic (exact) mass is 245 g/mol. The highest BCUT2D eigenvalue weighted by Gasteiger charge is 2.31. The van der Waals surface area contributed by atoms with Gasteiger partial charge in [-0.1, -0.05) is 51.5 Å². The molecule has 0 aliphatic heterocycles. The van der Waals surface area contributed by atoms with Gasteiger partial charge < -0.3 is 5.73 Å². The lowest BCUT2D eigenvalue weighted by molar-refractivity contribution is 0.0899. The van der Waals surface area contributed by atoms with Crippen molar-refractivity contribution in [3.63, 3.8) is 0 Å². The Morgan fingerprint density at radius 2 is 1.89 bits per heavy atom. The predicted octanol–water partition coefficient (Wildman–Crippen LogP) is 3.51. The van der Waals surface area contributed by atoms with Gasteiger partial charge in [0.15, 0.2) is 5.78 Å². The molecule has 1 atom stereocenters. The lowest BCUT2D eigenvalue weighted by Gasteiger charge is -2.30. The highest BCUT2D eigenvalue weighted by Crippen LogP contribution is 2.38. The van der Waals surface area contributed by atoms with E-state index in [0.29, 0.717) is 5.92 Å². The van der Waals surface area contributed by atoms with E-state index in [4.69, 9.17) is 5.73 Å². The summed E-state index contributed by atoms with van der Waals surface area (Å²) >= 11 is 0. The molecule has 1 aromatic rings. The minimum atomic E-state index is -0.432. The first-order chi connectivity index (χ1) is 8.41. The van der Waals surface area contributed by atoms with Crippen LogP contribution in [0.15, 0.2) is 24.3 Å². The first-order valence-electron chi connectivity index (χ1n) is 6.80. The molecule has 2 N–H and O–H groups in total. The molecule has 1 aromatic carbocycles. The maximum absolute atomic E-state index is 12.5. The molecule has 1 unspecified atom stereocenters. The van der Waals surface area contributed by atoms with Gasteiger partial charge in [0.1, 0.15) is 0 Å². The summed E-state index contributed by atoms with van der Waals surface area (Å²) in [4.78, 5) is 12.5. The van der Waals surface area contributed by atoms with Crippen molar-refractivity contribution in [2.45, 2.75) is 52.0 Å². The topological polar surface area (TPSA) is 43.1 Å². The van der Waals surface area contributed by atoms with Crippen molar-refractivity contribution < 1.29 is 4.79 Å². The number of hydrogen-bond acceptors (Lipinski definition) is 2. The van der Waals surface area contributed by atoms with E-state index < -0.39 is 6.04 Å². The van der Waals surface area contributed by atoms with Crippen molar-refractivity contribution in [2.75, 3.05) is 0 Å². The largest absolute Gasteiger partial charge is 0.321 e. The van der Waals surface area contributed by atoms with Crippen molar-refractivity contribution in [1.82, 2.24) is 0 Å². The molecule has 0 radical (unpaired) electrons. The SMILES string of the molecule is CC(C)(C)C(N)C(=O)c1ccccc1C1CCC1. The maximum Gasteiger partial charge on any atom is 0.180 e. The molecule has 98 valence electrons. The molecular formula is C16H23NO. The molecule has 0 heterocycles. The summed E-state index contributed by atoms with van der Waals surface area (Å²) < 4.78 is 0. The number of rotatable bonds is 3. The van der Waals surface area contributed by atoms with Crippen LogP contribution in [0.25, 0.3) is 0 Å². The van der Waals surface area contributed by atoms with Crippen LogP contribution in [0.5, 0.6) is 0 Å². The molecule has 0 spiro atoms. The third-order valence-corrected chi connectivity index (χ3v) is 3.99. The number of Topliss-reactive ketones (excluding diaryl/α,β-unsaturated/α-hetero) is 1. The zero-order chi connectivity index (χ0) is 13.3. The van der Waals surface area contributed by atoms with Crippen molar-refractivity contribution in [3.8, 4) is 0 Å². The third-order valence-electron chi connectivity index (χ3n) is 3.99. The number of nitrogens with two attached hydrogens (primary N) is 1. The smallest absolute Gasteiger partial charge is 0.180 e. The van der Waals surface area contributed by atoms with E-state index in [9.17, 15) is 4.79 Å². The Hall–Kier alpha value is -1.15. The third kappa shape index (κ3) is 2.49. The van der Waals surface area contributed by atoms with Gasteiger partial charge in [-0.3, -0.25) is 4.79 Å².